The van der Waals surface area contributed by atoms with Crippen molar-refractivity contribution in [1.29, 1.82) is 10.5 Å². The summed E-state index contributed by atoms with van der Waals surface area (Å²) in [5.74, 6) is 0. The standard InChI is InChI=1S/C25H22N6OS/c1-25(32)8-6-21(7-9-25)30-16-20(14-28-30)18-10-23(24-19(12-27)13-29-31(24)15-18)33-22-5-3-2-4-17(22)11-26/h2-5,10,13-16,21,32H,6-9H2,1H3. The Morgan fingerprint density at radius 1 is 1.00 bits per heavy atom. The van der Waals surface area contributed by atoms with Crippen molar-refractivity contribution in [2.75, 3.05) is 0 Å². The quantitative estimate of drug-likeness (QED) is 0.468. The van der Waals surface area contributed by atoms with Crippen molar-refractivity contribution in [2.45, 2.75) is 54.0 Å². The van der Waals surface area contributed by atoms with Crippen LogP contribution in [0.4, 0.5) is 0 Å². The van der Waals surface area contributed by atoms with E-state index in [4.69, 9.17) is 0 Å². The molecule has 0 unspecified atom stereocenters. The van der Waals surface area contributed by atoms with Gasteiger partial charge in [0.1, 0.15) is 12.1 Å². The highest BCUT2D eigenvalue weighted by Crippen LogP contribution is 2.38. The van der Waals surface area contributed by atoms with E-state index < -0.39 is 5.60 Å². The summed E-state index contributed by atoms with van der Waals surface area (Å²) in [6.45, 7) is 1.90. The molecule has 0 aliphatic heterocycles. The van der Waals surface area contributed by atoms with Gasteiger partial charge in [-0.25, -0.2) is 4.52 Å². The van der Waals surface area contributed by atoms with Gasteiger partial charge in [0.05, 0.1) is 40.7 Å². The lowest BCUT2D eigenvalue weighted by Gasteiger charge is -2.33. The van der Waals surface area contributed by atoms with Gasteiger partial charge in [-0.2, -0.15) is 20.7 Å². The predicted molar refractivity (Wildman–Crippen MR) is 125 cm³/mol. The summed E-state index contributed by atoms with van der Waals surface area (Å²) in [5.41, 5.74) is 3.11. The molecule has 0 saturated heterocycles. The van der Waals surface area contributed by atoms with E-state index in [1.807, 2.05) is 54.5 Å². The van der Waals surface area contributed by atoms with Crippen molar-refractivity contribution in [3.8, 4) is 23.3 Å². The third-order valence-electron chi connectivity index (χ3n) is 6.27. The second-order valence-electron chi connectivity index (χ2n) is 8.70. The molecule has 3 aromatic heterocycles. The summed E-state index contributed by atoms with van der Waals surface area (Å²) in [7, 11) is 0. The number of hydrogen-bond donors (Lipinski definition) is 1. The highest BCUT2D eigenvalue weighted by Gasteiger charge is 2.29. The number of benzene rings is 1. The maximum absolute atomic E-state index is 10.2. The van der Waals surface area contributed by atoms with Crippen LogP contribution in [-0.2, 0) is 0 Å². The van der Waals surface area contributed by atoms with Crippen LogP contribution in [-0.4, -0.2) is 30.1 Å². The summed E-state index contributed by atoms with van der Waals surface area (Å²) in [5, 5.41) is 38.3. The molecule has 1 N–H and O–H groups in total. The highest BCUT2D eigenvalue weighted by atomic mass is 32.2. The summed E-state index contributed by atoms with van der Waals surface area (Å²) >= 11 is 1.46. The fourth-order valence-corrected chi connectivity index (χ4v) is 5.44. The molecule has 0 amide bonds. The van der Waals surface area contributed by atoms with Crippen molar-refractivity contribution in [1.82, 2.24) is 19.4 Å². The van der Waals surface area contributed by atoms with Gasteiger partial charge in [-0.3, -0.25) is 4.68 Å². The largest absolute Gasteiger partial charge is 0.390 e. The van der Waals surface area contributed by atoms with Gasteiger partial charge in [-0.1, -0.05) is 23.9 Å². The summed E-state index contributed by atoms with van der Waals surface area (Å²) in [6.07, 6.45) is 10.7. The monoisotopic (exact) mass is 454 g/mol. The molecule has 0 radical (unpaired) electrons. The van der Waals surface area contributed by atoms with E-state index in [9.17, 15) is 15.6 Å². The Balaban J connectivity index is 1.53. The average Bonchev–Trinajstić information content (AvgIpc) is 3.47. The van der Waals surface area contributed by atoms with Crippen LogP contribution in [0.2, 0.25) is 0 Å². The summed E-state index contributed by atoms with van der Waals surface area (Å²) < 4.78 is 3.72. The molecule has 5 rings (SSSR count). The second-order valence-corrected chi connectivity index (χ2v) is 9.79. The van der Waals surface area contributed by atoms with Crippen LogP contribution >= 0.6 is 11.8 Å². The molecule has 1 fully saturated rings. The Morgan fingerprint density at radius 3 is 2.52 bits per heavy atom. The van der Waals surface area contributed by atoms with Crippen LogP contribution < -0.4 is 0 Å². The van der Waals surface area contributed by atoms with E-state index >= 15 is 0 Å². The van der Waals surface area contributed by atoms with Gasteiger partial charge in [0.25, 0.3) is 0 Å². The molecular formula is C25H22N6OS. The van der Waals surface area contributed by atoms with Crippen molar-refractivity contribution < 1.29 is 5.11 Å². The Morgan fingerprint density at radius 2 is 1.76 bits per heavy atom. The van der Waals surface area contributed by atoms with E-state index in [1.165, 1.54) is 11.8 Å². The summed E-state index contributed by atoms with van der Waals surface area (Å²) in [6, 6.07) is 14.2. The van der Waals surface area contributed by atoms with Crippen LogP contribution in [0.1, 0.15) is 49.8 Å². The number of nitrogens with zero attached hydrogens (tertiary/aromatic N) is 6. The molecule has 0 bridgehead atoms. The van der Waals surface area contributed by atoms with Crippen molar-refractivity contribution in [3.05, 3.63) is 66.2 Å². The molecule has 7 nitrogen and oxygen atoms in total. The Bertz CT molecular complexity index is 1410. The van der Waals surface area contributed by atoms with Gasteiger partial charge in [0.15, 0.2) is 0 Å². The van der Waals surface area contributed by atoms with Gasteiger partial charge < -0.3 is 5.11 Å². The fourth-order valence-electron chi connectivity index (χ4n) is 4.34. The number of pyridine rings is 1. The third-order valence-corrected chi connectivity index (χ3v) is 7.37. The van der Waals surface area contributed by atoms with Gasteiger partial charge in [0.2, 0.25) is 0 Å². The molecular weight excluding hydrogens is 432 g/mol. The molecule has 164 valence electrons. The van der Waals surface area contributed by atoms with E-state index in [0.29, 0.717) is 11.1 Å². The van der Waals surface area contributed by atoms with E-state index in [1.54, 1.807) is 16.8 Å². The molecule has 0 spiro atoms. The number of nitriles is 2. The van der Waals surface area contributed by atoms with Crippen molar-refractivity contribution in [3.63, 3.8) is 0 Å². The van der Waals surface area contributed by atoms with E-state index in [-0.39, 0.29) is 6.04 Å². The smallest absolute Gasteiger partial charge is 0.103 e. The van der Waals surface area contributed by atoms with Crippen LogP contribution in [0, 0.1) is 22.7 Å². The molecule has 8 heteroatoms. The van der Waals surface area contributed by atoms with Crippen LogP contribution in [0.5, 0.6) is 0 Å². The number of aliphatic hydroxyl groups is 1. The minimum atomic E-state index is -0.581. The van der Waals surface area contributed by atoms with Crippen LogP contribution in [0.15, 0.2) is 64.9 Å². The normalized spacial score (nSPS) is 20.4. The molecule has 1 aliphatic rings. The molecule has 3 heterocycles. The lowest BCUT2D eigenvalue weighted by Crippen LogP contribution is -2.31. The fraction of sp³-hybridized carbons (Fsp3) is 0.280. The predicted octanol–water partition coefficient (Wildman–Crippen LogP) is 4.96. The molecule has 33 heavy (non-hydrogen) atoms. The van der Waals surface area contributed by atoms with Crippen LogP contribution in [0.25, 0.3) is 16.6 Å². The maximum atomic E-state index is 10.2. The van der Waals surface area contributed by atoms with Crippen molar-refractivity contribution >= 4 is 17.3 Å². The molecule has 1 saturated carbocycles. The Kier molecular flexibility index (Phi) is 5.41. The van der Waals surface area contributed by atoms with Crippen LogP contribution in [0.3, 0.4) is 0 Å². The maximum Gasteiger partial charge on any atom is 0.103 e. The lowest BCUT2D eigenvalue weighted by molar-refractivity contribution is 0.00852. The first-order valence-electron chi connectivity index (χ1n) is 10.8. The number of fused-ring (bicyclic) bond motifs is 1. The van der Waals surface area contributed by atoms with Crippen molar-refractivity contribution in [2.24, 2.45) is 0 Å². The summed E-state index contributed by atoms with van der Waals surface area (Å²) in [4.78, 5) is 1.68. The molecule has 1 aliphatic carbocycles. The molecule has 1 aromatic carbocycles. The second kappa shape index (κ2) is 8.40. The van der Waals surface area contributed by atoms with Gasteiger partial charge >= 0.3 is 0 Å². The topological polar surface area (TPSA) is 103 Å². The van der Waals surface area contributed by atoms with E-state index in [2.05, 4.69) is 22.3 Å². The average molecular weight is 455 g/mol. The van der Waals surface area contributed by atoms with Gasteiger partial charge in [-0.15, -0.1) is 0 Å². The number of hydrogen-bond acceptors (Lipinski definition) is 6. The minimum absolute atomic E-state index is 0.272. The lowest BCUT2D eigenvalue weighted by atomic mass is 9.84. The molecule has 0 atom stereocenters. The zero-order chi connectivity index (χ0) is 23.0. The number of rotatable bonds is 4. The van der Waals surface area contributed by atoms with E-state index in [0.717, 1.165) is 52.1 Å². The first-order valence-corrected chi connectivity index (χ1v) is 11.6. The first-order chi connectivity index (χ1) is 16.0. The zero-order valence-corrected chi connectivity index (χ0v) is 19.0. The molecule has 4 aromatic rings. The Labute approximate surface area is 195 Å². The van der Waals surface area contributed by atoms with Gasteiger partial charge in [-0.05, 0) is 50.8 Å². The SMILES string of the molecule is CC1(O)CCC(n2cc(-c3cc(Sc4ccccc4C#N)c4c(C#N)cnn4c3)cn2)CC1. The Hall–Kier alpha value is -3.59. The minimum Gasteiger partial charge on any atom is -0.390 e. The highest BCUT2D eigenvalue weighted by molar-refractivity contribution is 7.99. The zero-order valence-electron chi connectivity index (χ0n) is 18.1. The number of aromatic nitrogens is 4. The third kappa shape index (κ3) is 4.11. The first kappa shape index (κ1) is 21.3. The van der Waals surface area contributed by atoms with Gasteiger partial charge in [0, 0.05) is 33.3 Å².